The van der Waals surface area contributed by atoms with Gasteiger partial charge in [-0.25, -0.2) is 9.97 Å². The number of rotatable bonds is 9. The standard InChI is InChI=1S/C15H24N4S/c1-4-8-19-15(5-2,12-16)7-6-9-20-14-17-10-13(3)11-18-14/h10-11,19H,4-9H2,1-3H3. The van der Waals surface area contributed by atoms with Crippen LogP contribution in [-0.2, 0) is 0 Å². The second-order valence-corrected chi connectivity index (χ2v) is 6.03. The van der Waals surface area contributed by atoms with Crippen LogP contribution in [0.1, 0.15) is 45.1 Å². The summed E-state index contributed by atoms with van der Waals surface area (Å²) in [5, 5.41) is 13.6. The highest BCUT2D eigenvalue weighted by Crippen LogP contribution is 2.20. The predicted octanol–water partition coefficient (Wildman–Crippen LogP) is 3.33. The summed E-state index contributed by atoms with van der Waals surface area (Å²) < 4.78 is 0. The van der Waals surface area contributed by atoms with Crippen LogP contribution in [0.15, 0.2) is 17.6 Å². The molecular weight excluding hydrogens is 268 g/mol. The summed E-state index contributed by atoms with van der Waals surface area (Å²) >= 11 is 1.66. The SMILES string of the molecule is CCCNC(C#N)(CC)CCCSc1ncc(C)cn1. The smallest absolute Gasteiger partial charge is 0.187 e. The van der Waals surface area contributed by atoms with Crippen LogP contribution in [0, 0.1) is 18.3 Å². The Labute approximate surface area is 126 Å². The highest BCUT2D eigenvalue weighted by Gasteiger charge is 2.26. The second kappa shape index (κ2) is 8.93. The number of hydrogen-bond donors (Lipinski definition) is 1. The van der Waals surface area contributed by atoms with Crippen LogP contribution >= 0.6 is 11.8 Å². The van der Waals surface area contributed by atoms with Gasteiger partial charge in [0.2, 0.25) is 0 Å². The van der Waals surface area contributed by atoms with Gasteiger partial charge >= 0.3 is 0 Å². The summed E-state index contributed by atoms with van der Waals surface area (Å²) in [6.45, 7) is 7.07. The largest absolute Gasteiger partial charge is 0.299 e. The zero-order valence-electron chi connectivity index (χ0n) is 12.6. The van der Waals surface area contributed by atoms with Crippen molar-refractivity contribution in [1.29, 1.82) is 5.26 Å². The van der Waals surface area contributed by atoms with Gasteiger partial charge in [0.05, 0.1) is 6.07 Å². The molecule has 0 amide bonds. The van der Waals surface area contributed by atoms with Crippen LogP contribution in [0.5, 0.6) is 0 Å². The number of nitrogens with zero attached hydrogens (tertiary/aromatic N) is 3. The molecule has 110 valence electrons. The van der Waals surface area contributed by atoms with Crippen molar-refractivity contribution in [2.75, 3.05) is 12.3 Å². The first-order valence-corrected chi connectivity index (χ1v) is 8.22. The molecule has 0 saturated heterocycles. The van der Waals surface area contributed by atoms with E-state index in [1.54, 1.807) is 11.8 Å². The first-order chi connectivity index (χ1) is 9.65. The summed E-state index contributed by atoms with van der Waals surface area (Å²) in [4.78, 5) is 8.55. The minimum absolute atomic E-state index is 0.370. The summed E-state index contributed by atoms with van der Waals surface area (Å²) in [7, 11) is 0. The fourth-order valence-electron chi connectivity index (χ4n) is 1.92. The van der Waals surface area contributed by atoms with Gasteiger partial charge in [-0.15, -0.1) is 0 Å². The van der Waals surface area contributed by atoms with Crippen molar-refractivity contribution in [3.05, 3.63) is 18.0 Å². The van der Waals surface area contributed by atoms with Crippen molar-refractivity contribution >= 4 is 11.8 Å². The van der Waals surface area contributed by atoms with E-state index in [9.17, 15) is 5.26 Å². The molecule has 0 saturated carbocycles. The van der Waals surface area contributed by atoms with Gasteiger partial charge in [-0.1, -0.05) is 25.6 Å². The van der Waals surface area contributed by atoms with Gasteiger partial charge in [0.25, 0.3) is 0 Å². The summed E-state index contributed by atoms with van der Waals surface area (Å²) in [5.41, 5.74) is 0.706. The lowest BCUT2D eigenvalue weighted by atomic mass is 9.92. The Kier molecular flexibility index (Phi) is 7.56. The van der Waals surface area contributed by atoms with Gasteiger partial charge in [-0.05, 0) is 44.7 Å². The maximum Gasteiger partial charge on any atom is 0.187 e. The molecule has 20 heavy (non-hydrogen) atoms. The molecule has 1 rings (SSSR count). The van der Waals surface area contributed by atoms with Crippen molar-refractivity contribution in [1.82, 2.24) is 15.3 Å². The van der Waals surface area contributed by atoms with Crippen LogP contribution in [0.25, 0.3) is 0 Å². The topological polar surface area (TPSA) is 61.6 Å². The lowest BCUT2D eigenvalue weighted by Crippen LogP contribution is -2.43. The zero-order valence-corrected chi connectivity index (χ0v) is 13.5. The maximum absolute atomic E-state index is 9.41. The van der Waals surface area contributed by atoms with E-state index in [0.29, 0.717) is 0 Å². The minimum atomic E-state index is -0.370. The minimum Gasteiger partial charge on any atom is -0.299 e. The van der Waals surface area contributed by atoms with E-state index in [0.717, 1.165) is 48.7 Å². The van der Waals surface area contributed by atoms with E-state index >= 15 is 0 Å². The van der Waals surface area contributed by atoms with Gasteiger partial charge < -0.3 is 0 Å². The Balaban J connectivity index is 2.37. The summed E-state index contributed by atoms with van der Waals surface area (Å²) in [5.74, 6) is 0.945. The van der Waals surface area contributed by atoms with Crippen LogP contribution in [-0.4, -0.2) is 27.8 Å². The van der Waals surface area contributed by atoms with Gasteiger partial charge in [0, 0.05) is 18.1 Å². The number of aromatic nitrogens is 2. The van der Waals surface area contributed by atoms with Crippen LogP contribution in [0.4, 0.5) is 0 Å². The normalized spacial score (nSPS) is 13.7. The third-order valence-corrected chi connectivity index (χ3v) is 4.23. The van der Waals surface area contributed by atoms with Crippen molar-refractivity contribution in [2.24, 2.45) is 0 Å². The monoisotopic (exact) mass is 292 g/mol. The molecule has 1 aromatic rings. The molecule has 0 aliphatic heterocycles. The summed E-state index contributed by atoms with van der Waals surface area (Å²) in [6, 6.07) is 2.45. The molecule has 1 N–H and O–H groups in total. The Morgan fingerprint density at radius 3 is 2.60 bits per heavy atom. The molecule has 0 spiro atoms. The molecule has 0 radical (unpaired) electrons. The molecule has 4 nitrogen and oxygen atoms in total. The Morgan fingerprint density at radius 1 is 1.35 bits per heavy atom. The lowest BCUT2D eigenvalue weighted by molar-refractivity contribution is 0.371. The molecule has 1 atom stereocenters. The molecule has 1 heterocycles. The van der Waals surface area contributed by atoms with Crippen LogP contribution < -0.4 is 5.32 Å². The first kappa shape index (κ1) is 16.9. The van der Waals surface area contributed by atoms with E-state index in [4.69, 9.17) is 0 Å². The van der Waals surface area contributed by atoms with E-state index in [-0.39, 0.29) is 5.54 Å². The van der Waals surface area contributed by atoms with Gasteiger partial charge in [0.1, 0.15) is 5.54 Å². The van der Waals surface area contributed by atoms with E-state index in [1.165, 1.54) is 0 Å². The molecular formula is C15H24N4S. The molecule has 0 aliphatic rings. The molecule has 1 unspecified atom stereocenters. The first-order valence-electron chi connectivity index (χ1n) is 7.23. The third kappa shape index (κ3) is 5.48. The summed E-state index contributed by atoms with van der Waals surface area (Å²) in [6.07, 6.45) is 7.43. The number of nitriles is 1. The highest BCUT2D eigenvalue weighted by molar-refractivity contribution is 7.99. The predicted molar refractivity (Wildman–Crippen MR) is 83.7 cm³/mol. The number of aryl methyl sites for hydroxylation is 1. The number of hydrogen-bond acceptors (Lipinski definition) is 5. The zero-order chi connectivity index (χ0) is 14.8. The van der Waals surface area contributed by atoms with Crippen molar-refractivity contribution in [2.45, 2.75) is 57.1 Å². The average molecular weight is 292 g/mol. The van der Waals surface area contributed by atoms with Crippen molar-refractivity contribution < 1.29 is 0 Å². The highest BCUT2D eigenvalue weighted by atomic mass is 32.2. The Morgan fingerprint density at radius 2 is 2.05 bits per heavy atom. The average Bonchev–Trinajstić information content (AvgIpc) is 2.49. The molecule has 1 aromatic heterocycles. The fraction of sp³-hybridized carbons (Fsp3) is 0.667. The van der Waals surface area contributed by atoms with Gasteiger partial charge in [-0.3, -0.25) is 5.32 Å². The fourth-order valence-corrected chi connectivity index (χ4v) is 2.65. The number of nitrogens with one attached hydrogen (secondary N) is 1. The molecule has 5 heteroatoms. The number of thioether (sulfide) groups is 1. The second-order valence-electron chi connectivity index (χ2n) is 4.97. The van der Waals surface area contributed by atoms with Crippen LogP contribution in [0.3, 0.4) is 0 Å². The molecule has 0 bridgehead atoms. The maximum atomic E-state index is 9.41. The lowest BCUT2D eigenvalue weighted by Gasteiger charge is -2.26. The van der Waals surface area contributed by atoms with Gasteiger partial charge in [-0.2, -0.15) is 5.26 Å². The van der Waals surface area contributed by atoms with Gasteiger partial charge in [0.15, 0.2) is 5.16 Å². The molecule has 0 aromatic carbocycles. The molecule has 0 fully saturated rings. The Hall–Kier alpha value is -1.12. The Bertz CT molecular complexity index is 426. The third-order valence-electron chi connectivity index (χ3n) is 3.27. The van der Waals surface area contributed by atoms with Crippen molar-refractivity contribution in [3.63, 3.8) is 0 Å². The van der Waals surface area contributed by atoms with Crippen molar-refractivity contribution in [3.8, 4) is 6.07 Å². The quantitative estimate of drug-likeness (QED) is 0.430. The molecule has 0 aliphatic carbocycles. The van der Waals surface area contributed by atoms with Crippen LogP contribution in [0.2, 0.25) is 0 Å². The van der Waals surface area contributed by atoms with E-state index < -0.39 is 0 Å². The van der Waals surface area contributed by atoms with E-state index in [2.05, 4.69) is 35.2 Å². The van der Waals surface area contributed by atoms with E-state index in [1.807, 2.05) is 19.3 Å².